The Bertz CT molecular complexity index is 635. The predicted molar refractivity (Wildman–Crippen MR) is 73.5 cm³/mol. The Morgan fingerprint density at radius 1 is 1.45 bits per heavy atom. The second-order valence-electron chi connectivity index (χ2n) is 4.76. The first-order valence-corrected chi connectivity index (χ1v) is 6.50. The Balaban J connectivity index is 2.25. The van der Waals surface area contributed by atoms with E-state index < -0.39 is 17.9 Å². The fourth-order valence-electron chi connectivity index (χ4n) is 2.01. The second kappa shape index (κ2) is 5.73. The van der Waals surface area contributed by atoms with E-state index in [1.165, 1.54) is 6.20 Å². The lowest BCUT2D eigenvalue weighted by molar-refractivity contribution is -0.140. The lowest BCUT2D eigenvalue weighted by Gasteiger charge is -2.19. The number of aliphatic carboxylic acids is 1. The normalized spacial score (nSPS) is 13.9. The summed E-state index contributed by atoms with van der Waals surface area (Å²) in [6, 6.07) is 4.48. The van der Waals surface area contributed by atoms with Crippen molar-refractivity contribution >= 4 is 17.4 Å². The number of hydrogen-bond acceptors (Lipinski definition) is 3. The molecule has 0 aliphatic heterocycles. The van der Waals surface area contributed by atoms with E-state index in [9.17, 15) is 14.7 Å². The van der Waals surface area contributed by atoms with Crippen LogP contribution >= 0.6 is 0 Å². The van der Waals surface area contributed by atoms with E-state index in [1.807, 2.05) is 6.92 Å². The summed E-state index contributed by atoms with van der Waals surface area (Å²) in [5, 5.41) is 15.8. The van der Waals surface area contributed by atoms with E-state index in [2.05, 4.69) is 10.4 Å². The van der Waals surface area contributed by atoms with Gasteiger partial charge in [-0.15, -0.1) is 0 Å². The molecule has 2 unspecified atom stereocenters. The Morgan fingerprint density at radius 2 is 2.20 bits per heavy atom. The van der Waals surface area contributed by atoms with E-state index in [0.717, 1.165) is 0 Å². The number of pyridine rings is 1. The molecule has 0 spiro atoms. The highest BCUT2D eigenvalue weighted by Gasteiger charge is 2.26. The van der Waals surface area contributed by atoms with E-state index in [-0.39, 0.29) is 5.92 Å². The van der Waals surface area contributed by atoms with Gasteiger partial charge >= 0.3 is 5.97 Å². The van der Waals surface area contributed by atoms with Gasteiger partial charge in [0.2, 0.25) is 0 Å². The van der Waals surface area contributed by atoms with Crippen LogP contribution in [0.5, 0.6) is 0 Å². The molecule has 2 aromatic rings. The van der Waals surface area contributed by atoms with Crippen molar-refractivity contribution in [1.82, 2.24) is 14.9 Å². The number of nitrogens with zero attached hydrogens (tertiary/aromatic N) is 2. The van der Waals surface area contributed by atoms with Gasteiger partial charge in [-0.2, -0.15) is 5.10 Å². The minimum Gasteiger partial charge on any atom is -0.480 e. The second-order valence-corrected chi connectivity index (χ2v) is 4.76. The summed E-state index contributed by atoms with van der Waals surface area (Å²) in [6.45, 7) is 3.69. The minimum absolute atomic E-state index is 0.140. The van der Waals surface area contributed by atoms with Crippen molar-refractivity contribution in [2.75, 3.05) is 0 Å². The molecule has 2 N–H and O–H groups in total. The number of amides is 1. The van der Waals surface area contributed by atoms with Gasteiger partial charge in [-0.1, -0.05) is 26.3 Å². The highest BCUT2D eigenvalue weighted by Crippen LogP contribution is 2.13. The van der Waals surface area contributed by atoms with Crippen LogP contribution in [0.25, 0.3) is 5.52 Å². The Morgan fingerprint density at radius 3 is 2.85 bits per heavy atom. The smallest absolute Gasteiger partial charge is 0.326 e. The molecule has 0 saturated heterocycles. The number of hydrogen-bond donors (Lipinski definition) is 2. The minimum atomic E-state index is -1.02. The summed E-state index contributed by atoms with van der Waals surface area (Å²) in [5.74, 6) is -1.58. The molecule has 106 valence electrons. The van der Waals surface area contributed by atoms with Gasteiger partial charge in [-0.3, -0.25) is 4.79 Å². The SMILES string of the molecule is CCC(C)C(NC(=O)c1cnn2ccccc12)C(=O)O. The average molecular weight is 275 g/mol. The maximum atomic E-state index is 12.2. The maximum absolute atomic E-state index is 12.2. The van der Waals surface area contributed by atoms with Gasteiger partial charge in [-0.05, 0) is 18.1 Å². The zero-order chi connectivity index (χ0) is 14.7. The molecular weight excluding hydrogens is 258 g/mol. The summed E-state index contributed by atoms with van der Waals surface area (Å²) in [4.78, 5) is 23.5. The molecule has 0 radical (unpaired) electrons. The summed E-state index contributed by atoms with van der Waals surface area (Å²) < 4.78 is 1.58. The van der Waals surface area contributed by atoms with E-state index in [1.54, 1.807) is 35.8 Å². The van der Waals surface area contributed by atoms with Crippen molar-refractivity contribution in [2.24, 2.45) is 5.92 Å². The van der Waals surface area contributed by atoms with Crippen molar-refractivity contribution < 1.29 is 14.7 Å². The third-order valence-corrected chi connectivity index (χ3v) is 3.44. The van der Waals surface area contributed by atoms with Crippen molar-refractivity contribution in [1.29, 1.82) is 0 Å². The predicted octanol–water partition coefficient (Wildman–Crippen LogP) is 1.56. The molecular formula is C14H17N3O3. The monoisotopic (exact) mass is 275 g/mol. The highest BCUT2D eigenvalue weighted by atomic mass is 16.4. The first kappa shape index (κ1) is 14.0. The first-order chi connectivity index (χ1) is 9.54. The number of carboxylic acids is 1. The molecule has 0 saturated carbocycles. The molecule has 2 heterocycles. The zero-order valence-corrected chi connectivity index (χ0v) is 11.4. The molecule has 0 aliphatic carbocycles. The quantitative estimate of drug-likeness (QED) is 0.867. The van der Waals surface area contributed by atoms with E-state index >= 15 is 0 Å². The fraction of sp³-hybridized carbons (Fsp3) is 0.357. The van der Waals surface area contributed by atoms with Gasteiger partial charge in [0.1, 0.15) is 6.04 Å². The number of fused-ring (bicyclic) bond motifs is 1. The third-order valence-electron chi connectivity index (χ3n) is 3.44. The molecule has 0 aromatic carbocycles. The Kier molecular flexibility index (Phi) is 4.02. The molecule has 2 rings (SSSR count). The van der Waals surface area contributed by atoms with Crippen LogP contribution < -0.4 is 5.32 Å². The van der Waals surface area contributed by atoms with Gasteiger partial charge in [-0.25, -0.2) is 9.31 Å². The van der Waals surface area contributed by atoms with Crippen LogP contribution in [0.4, 0.5) is 0 Å². The lowest BCUT2D eigenvalue weighted by atomic mass is 9.99. The lowest BCUT2D eigenvalue weighted by Crippen LogP contribution is -2.45. The van der Waals surface area contributed by atoms with Crippen LogP contribution in [-0.4, -0.2) is 32.6 Å². The molecule has 20 heavy (non-hydrogen) atoms. The summed E-state index contributed by atoms with van der Waals surface area (Å²) in [6.07, 6.45) is 3.85. The molecule has 2 atom stereocenters. The van der Waals surface area contributed by atoms with E-state index in [0.29, 0.717) is 17.5 Å². The fourth-order valence-corrected chi connectivity index (χ4v) is 2.01. The van der Waals surface area contributed by atoms with Gasteiger partial charge in [0.05, 0.1) is 17.3 Å². The average Bonchev–Trinajstić information content (AvgIpc) is 2.87. The number of nitrogens with one attached hydrogen (secondary N) is 1. The van der Waals surface area contributed by atoms with Crippen molar-refractivity contribution in [3.63, 3.8) is 0 Å². The van der Waals surface area contributed by atoms with Crippen LogP contribution in [-0.2, 0) is 4.79 Å². The standard InChI is InChI=1S/C14H17N3O3/c1-3-9(2)12(14(19)20)16-13(18)10-8-15-17-7-5-4-6-11(10)17/h4-9,12H,3H2,1-2H3,(H,16,18)(H,19,20). The van der Waals surface area contributed by atoms with Crippen molar-refractivity contribution in [3.8, 4) is 0 Å². The van der Waals surface area contributed by atoms with Crippen LogP contribution in [0, 0.1) is 5.92 Å². The molecule has 0 bridgehead atoms. The van der Waals surface area contributed by atoms with Crippen LogP contribution in [0.2, 0.25) is 0 Å². The number of rotatable bonds is 5. The Hall–Kier alpha value is -2.37. The van der Waals surface area contributed by atoms with E-state index in [4.69, 9.17) is 0 Å². The first-order valence-electron chi connectivity index (χ1n) is 6.50. The molecule has 6 heteroatoms. The summed E-state index contributed by atoms with van der Waals surface area (Å²) in [7, 11) is 0. The van der Waals surface area contributed by atoms with Crippen LogP contribution in [0.1, 0.15) is 30.6 Å². The van der Waals surface area contributed by atoms with Crippen molar-refractivity contribution in [3.05, 3.63) is 36.2 Å². The molecule has 0 fully saturated rings. The molecule has 6 nitrogen and oxygen atoms in total. The molecule has 2 aromatic heterocycles. The van der Waals surface area contributed by atoms with Crippen molar-refractivity contribution in [2.45, 2.75) is 26.3 Å². The van der Waals surface area contributed by atoms with Gasteiger partial charge in [0.25, 0.3) is 5.91 Å². The van der Waals surface area contributed by atoms with Gasteiger partial charge < -0.3 is 10.4 Å². The molecule has 1 amide bonds. The van der Waals surface area contributed by atoms with Gasteiger partial charge in [0, 0.05) is 6.20 Å². The van der Waals surface area contributed by atoms with Crippen LogP contribution in [0.15, 0.2) is 30.6 Å². The largest absolute Gasteiger partial charge is 0.480 e. The Labute approximate surface area is 116 Å². The number of carbonyl (C=O) groups is 2. The highest BCUT2D eigenvalue weighted by molar-refractivity contribution is 6.02. The summed E-state index contributed by atoms with van der Waals surface area (Å²) >= 11 is 0. The third kappa shape index (κ3) is 2.64. The number of carbonyl (C=O) groups excluding carboxylic acids is 1. The maximum Gasteiger partial charge on any atom is 0.326 e. The van der Waals surface area contributed by atoms with Gasteiger partial charge in [0.15, 0.2) is 0 Å². The van der Waals surface area contributed by atoms with Crippen LogP contribution in [0.3, 0.4) is 0 Å². The zero-order valence-electron chi connectivity index (χ0n) is 11.4. The number of carboxylic acid groups (broad SMARTS) is 1. The molecule has 0 aliphatic rings. The summed E-state index contributed by atoms with van der Waals surface area (Å²) in [5.41, 5.74) is 1.03. The number of aromatic nitrogens is 2. The topological polar surface area (TPSA) is 83.7 Å².